The molecule has 0 aromatic carbocycles. The van der Waals surface area contributed by atoms with Gasteiger partial charge in [0.1, 0.15) is 5.69 Å². The smallest absolute Gasteiger partial charge is 0.285 e. The topological polar surface area (TPSA) is 63.0 Å². The quantitative estimate of drug-likeness (QED) is 0.742. The zero-order valence-electron chi connectivity index (χ0n) is 9.85. The monoisotopic (exact) mass is 280 g/mol. The fourth-order valence-corrected chi connectivity index (χ4v) is 1.78. The molecule has 0 spiro atoms. The zero-order valence-corrected chi connectivity index (χ0v) is 9.85. The molecule has 0 saturated heterocycles. The Balaban J connectivity index is 2.22. The number of nitrogens with one attached hydrogen (secondary N) is 1. The molecule has 0 unspecified atom stereocenters. The van der Waals surface area contributed by atoms with E-state index in [-0.39, 0.29) is 11.3 Å². The Hall–Kier alpha value is -2.64. The number of fused-ring (bicyclic) bond motifs is 1. The van der Waals surface area contributed by atoms with Crippen LogP contribution in [0.4, 0.5) is 13.2 Å². The first-order valence-electron chi connectivity index (χ1n) is 5.56. The van der Waals surface area contributed by atoms with Crippen molar-refractivity contribution in [1.29, 1.82) is 0 Å². The van der Waals surface area contributed by atoms with Crippen LogP contribution in [0.2, 0.25) is 0 Å². The maximum absolute atomic E-state index is 12.6. The van der Waals surface area contributed by atoms with Gasteiger partial charge in [-0.25, -0.2) is 9.50 Å². The summed E-state index contributed by atoms with van der Waals surface area (Å²) in [6.45, 7) is 0. The van der Waals surface area contributed by atoms with Crippen molar-refractivity contribution in [3.63, 3.8) is 0 Å². The summed E-state index contributed by atoms with van der Waals surface area (Å²) in [6.07, 6.45) is -3.05. The number of alkyl halides is 3. The molecule has 1 N–H and O–H groups in total. The summed E-state index contributed by atoms with van der Waals surface area (Å²) in [5.41, 5.74) is -1.12. The summed E-state index contributed by atoms with van der Waals surface area (Å²) in [7, 11) is 0. The molecular formula is C12H7F3N4O. The van der Waals surface area contributed by atoms with E-state index >= 15 is 0 Å². The van der Waals surface area contributed by atoms with E-state index in [2.05, 4.69) is 9.97 Å². The van der Waals surface area contributed by atoms with E-state index in [0.717, 1.165) is 16.6 Å². The van der Waals surface area contributed by atoms with Gasteiger partial charge < -0.3 is 0 Å². The largest absolute Gasteiger partial charge is 0.432 e. The molecule has 3 rings (SSSR count). The number of rotatable bonds is 1. The number of nitrogens with zero attached hydrogens (tertiary/aromatic N) is 3. The van der Waals surface area contributed by atoms with Gasteiger partial charge in [0.2, 0.25) is 0 Å². The summed E-state index contributed by atoms with van der Waals surface area (Å²) >= 11 is 0. The lowest BCUT2D eigenvalue weighted by atomic mass is 10.2. The number of hydrogen-bond donors (Lipinski definition) is 1. The van der Waals surface area contributed by atoms with Gasteiger partial charge in [-0.05, 0) is 12.1 Å². The molecule has 0 aliphatic carbocycles. The van der Waals surface area contributed by atoms with Gasteiger partial charge >= 0.3 is 6.18 Å². The lowest BCUT2D eigenvalue weighted by molar-refractivity contribution is -0.141. The zero-order chi connectivity index (χ0) is 14.3. The molecule has 3 aromatic heterocycles. The van der Waals surface area contributed by atoms with Crippen LogP contribution in [0.15, 0.2) is 41.3 Å². The van der Waals surface area contributed by atoms with Crippen molar-refractivity contribution in [3.8, 4) is 11.4 Å². The Bertz CT molecular complexity index is 820. The Kier molecular flexibility index (Phi) is 2.60. The maximum atomic E-state index is 12.6. The molecular weight excluding hydrogens is 273 g/mol. The van der Waals surface area contributed by atoms with E-state index in [0.29, 0.717) is 5.69 Å². The van der Waals surface area contributed by atoms with Crippen LogP contribution < -0.4 is 5.56 Å². The lowest BCUT2D eigenvalue weighted by Gasteiger charge is -2.00. The number of hydrogen-bond acceptors (Lipinski definition) is 3. The molecule has 0 bridgehead atoms. The third-order valence-corrected chi connectivity index (χ3v) is 2.68. The minimum absolute atomic E-state index is 0.106. The first-order chi connectivity index (χ1) is 9.45. The molecule has 0 saturated carbocycles. The van der Waals surface area contributed by atoms with Crippen molar-refractivity contribution in [2.45, 2.75) is 6.18 Å². The predicted octanol–water partition coefficient (Wildman–Crippen LogP) is 2.10. The average Bonchev–Trinajstić information content (AvgIpc) is 2.84. The van der Waals surface area contributed by atoms with Crippen molar-refractivity contribution in [2.75, 3.05) is 0 Å². The van der Waals surface area contributed by atoms with E-state index in [9.17, 15) is 18.0 Å². The van der Waals surface area contributed by atoms with Gasteiger partial charge in [0.05, 0.1) is 11.4 Å². The molecule has 5 nitrogen and oxygen atoms in total. The summed E-state index contributed by atoms with van der Waals surface area (Å²) in [6, 6.07) is 6.92. The minimum Gasteiger partial charge on any atom is -0.285 e. The Morgan fingerprint density at radius 3 is 2.60 bits per heavy atom. The Morgan fingerprint density at radius 2 is 1.95 bits per heavy atom. The molecule has 102 valence electrons. The molecule has 0 aliphatic heterocycles. The van der Waals surface area contributed by atoms with E-state index in [1.165, 1.54) is 6.20 Å². The van der Waals surface area contributed by atoms with Crippen LogP contribution in [0, 0.1) is 0 Å². The summed E-state index contributed by atoms with van der Waals surface area (Å²) in [5.74, 6) is 0. The van der Waals surface area contributed by atoms with Crippen LogP contribution in [0.5, 0.6) is 0 Å². The number of aromatic amines is 1. The van der Waals surface area contributed by atoms with E-state index in [4.69, 9.17) is 0 Å². The van der Waals surface area contributed by atoms with Crippen molar-refractivity contribution in [1.82, 2.24) is 19.6 Å². The van der Waals surface area contributed by atoms with Gasteiger partial charge in [-0.15, -0.1) is 0 Å². The molecule has 0 fully saturated rings. The second-order valence-corrected chi connectivity index (χ2v) is 4.06. The molecule has 0 aliphatic rings. The predicted molar refractivity (Wildman–Crippen MR) is 64.0 cm³/mol. The van der Waals surface area contributed by atoms with Crippen molar-refractivity contribution < 1.29 is 13.2 Å². The van der Waals surface area contributed by atoms with Crippen LogP contribution in [-0.2, 0) is 6.18 Å². The molecule has 8 heteroatoms. The summed E-state index contributed by atoms with van der Waals surface area (Å²) in [5, 5.41) is 1.98. The second-order valence-electron chi connectivity index (χ2n) is 4.06. The number of pyridine rings is 1. The van der Waals surface area contributed by atoms with Gasteiger partial charge in [0, 0.05) is 18.3 Å². The fourth-order valence-electron chi connectivity index (χ4n) is 1.78. The highest BCUT2D eigenvalue weighted by Gasteiger charge is 2.33. The number of halogens is 3. The highest BCUT2D eigenvalue weighted by molar-refractivity contribution is 5.57. The standard InChI is InChI=1S/C12H7F3N4O/c13-12(14,15)9-6-10-17-8(5-11(20)19(10)18-9)7-3-1-2-4-16-7/h1-6,18H. The summed E-state index contributed by atoms with van der Waals surface area (Å²) in [4.78, 5) is 19.8. The first-order valence-corrected chi connectivity index (χ1v) is 5.56. The number of H-pyrrole nitrogens is 1. The Morgan fingerprint density at radius 1 is 1.15 bits per heavy atom. The van der Waals surface area contributed by atoms with Crippen LogP contribution in [-0.4, -0.2) is 19.6 Å². The molecule has 3 heterocycles. The summed E-state index contributed by atoms with van der Waals surface area (Å²) < 4.78 is 38.5. The Labute approximate surface area is 109 Å². The highest BCUT2D eigenvalue weighted by atomic mass is 19.4. The van der Waals surface area contributed by atoms with Crippen LogP contribution >= 0.6 is 0 Å². The maximum Gasteiger partial charge on any atom is 0.432 e. The third-order valence-electron chi connectivity index (χ3n) is 2.68. The van der Waals surface area contributed by atoms with Gasteiger partial charge in [-0.2, -0.15) is 13.2 Å². The average molecular weight is 280 g/mol. The van der Waals surface area contributed by atoms with Crippen molar-refractivity contribution in [3.05, 3.63) is 52.6 Å². The SMILES string of the molecule is O=c1cc(-c2ccccn2)nc2cc(C(F)(F)F)[nH]n12. The van der Waals surface area contributed by atoms with Gasteiger partial charge in [0.25, 0.3) is 5.56 Å². The normalized spacial score (nSPS) is 11.9. The van der Waals surface area contributed by atoms with E-state index in [1.54, 1.807) is 18.2 Å². The van der Waals surface area contributed by atoms with Crippen molar-refractivity contribution >= 4 is 5.65 Å². The van der Waals surface area contributed by atoms with Crippen LogP contribution in [0.3, 0.4) is 0 Å². The molecule has 0 radical (unpaired) electrons. The van der Waals surface area contributed by atoms with Crippen molar-refractivity contribution in [2.24, 2.45) is 0 Å². The van der Waals surface area contributed by atoms with E-state index in [1.807, 2.05) is 5.10 Å². The lowest BCUT2D eigenvalue weighted by Crippen LogP contribution is -2.15. The fraction of sp³-hybridized carbons (Fsp3) is 0.0833. The van der Waals surface area contributed by atoms with Crippen LogP contribution in [0.25, 0.3) is 17.0 Å². The first kappa shape index (κ1) is 12.4. The molecule has 0 amide bonds. The number of aromatic nitrogens is 4. The van der Waals surface area contributed by atoms with Crippen LogP contribution in [0.1, 0.15) is 5.69 Å². The van der Waals surface area contributed by atoms with E-state index < -0.39 is 17.4 Å². The van der Waals surface area contributed by atoms with Gasteiger partial charge in [-0.3, -0.25) is 14.9 Å². The van der Waals surface area contributed by atoms with Gasteiger partial charge in [0.15, 0.2) is 5.65 Å². The van der Waals surface area contributed by atoms with Gasteiger partial charge in [-0.1, -0.05) is 6.07 Å². The molecule has 0 atom stereocenters. The minimum atomic E-state index is -4.56. The second kappa shape index (κ2) is 4.19. The highest BCUT2D eigenvalue weighted by Crippen LogP contribution is 2.28. The molecule has 3 aromatic rings. The molecule has 20 heavy (non-hydrogen) atoms. The third kappa shape index (κ3) is 2.04.